The topological polar surface area (TPSA) is 84.6 Å². The van der Waals surface area contributed by atoms with Gasteiger partial charge in [0.1, 0.15) is 0 Å². The number of rotatable bonds is 12. The maximum absolute atomic E-state index is 5.61. The largest absolute Gasteiger partial charge is 0.382 e. The van der Waals surface area contributed by atoms with E-state index >= 15 is 0 Å². The van der Waals surface area contributed by atoms with Crippen LogP contribution in [0.3, 0.4) is 0 Å². The Labute approximate surface area is 193 Å². The number of aliphatic imine (C=N–C) groups is 1. The monoisotopic (exact) mass is 521 g/mol. The van der Waals surface area contributed by atoms with E-state index in [4.69, 9.17) is 14.3 Å². The van der Waals surface area contributed by atoms with Crippen LogP contribution in [0.25, 0.3) is 0 Å². The summed E-state index contributed by atoms with van der Waals surface area (Å²) in [5.74, 6) is 2.70. The minimum absolute atomic E-state index is 0. The van der Waals surface area contributed by atoms with Crippen molar-refractivity contribution in [1.82, 2.24) is 20.8 Å². The Bertz CT molecular complexity index is 585. The van der Waals surface area contributed by atoms with Crippen LogP contribution in [-0.4, -0.2) is 48.9 Å². The Balaban J connectivity index is 0.00000420. The third kappa shape index (κ3) is 9.19. The van der Waals surface area contributed by atoms with E-state index < -0.39 is 0 Å². The van der Waals surface area contributed by atoms with Crippen molar-refractivity contribution in [3.05, 3.63) is 11.7 Å². The number of ether oxygens (including phenoxy) is 1. The fraction of sp³-hybridized carbons (Fsp3) is 0.857. The number of aromatic nitrogens is 2. The van der Waals surface area contributed by atoms with Crippen LogP contribution in [0.4, 0.5) is 0 Å². The van der Waals surface area contributed by atoms with E-state index in [2.05, 4.69) is 48.5 Å². The van der Waals surface area contributed by atoms with Gasteiger partial charge in [-0.25, -0.2) is 0 Å². The van der Waals surface area contributed by atoms with Crippen molar-refractivity contribution < 1.29 is 9.26 Å². The van der Waals surface area contributed by atoms with Gasteiger partial charge in [-0.1, -0.05) is 31.8 Å². The zero-order valence-corrected chi connectivity index (χ0v) is 21.0. The van der Waals surface area contributed by atoms with Crippen molar-refractivity contribution in [2.45, 2.75) is 78.6 Å². The maximum atomic E-state index is 5.61. The van der Waals surface area contributed by atoms with Crippen molar-refractivity contribution in [3.8, 4) is 0 Å². The third-order valence-electron chi connectivity index (χ3n) is 5.42. The van der Waals surface area contributed by atoms with Gasteiger partial charge in [0.05, 0.1) is 0 Å². The SMILES string of the molecule is CCNC(=NCC1(CCOCC)CCCC1)NCCCc1nc(C(C)C)no1.I. The van der Waals surface area contributed by atoms with Gasteiger partial charge in [-0.05, 0) is 44.9 Å². The standard InChI is InChI=1S/C21H39N5O2.HI/c1-5-22-20(23-14-9-10-18-25-19(17(3)4)26-28-18)24-16-21(11-7-8-12-21)13-15-27-6-2;/h17H,5-16H2,1-4H3,(H2,22,23,24);1H. The molecule has 7 nitrogen and oxygen atoms in total. The minimum atomic E-state index is 0. The molecule has 0 radical (unpaired) electrons. The summed E-state index contributed by atoms with van der Waals surface area (Å²) in [6, 6.07) is 0. The van der Waals surface area contributed by atoms with Gasteiger partial charge in [-0.15, -0.1) is 24.0 Å². The second kappa shape index (κ2) is 14.2. The minimum Gasteiger partial charge on any atom is -0.382 e. The first-order valence-corrected chi connectivity index (χ1v) is 11.0. The third-order valence-corrected chi connectivity index (χ3v) is 5.42. The number of nitrogens with zero attached hydrogens (tertiary/aromatic N) is 3. The molecule has 0 saturated heterocycles. The van der Waals surface area contributed by atoms with Crippen LogP contribution in [0, 0.1) is 5.41 Å². The molecule has 0 amide bonds. The van der Waals surface area contributed by atoms with Crippen LogP contribution in [-0.2, 0) is 11.2 Å². The lowest BCUT2D eigenvalue weighted by molar-refractivity contribution is 0.107. The van der Waals surface area contributed by atoms with E-state index in [1.165, 1.54) is 25.7 Å². The normalized spacial score (nSPS) is 16.1. The summed E-state index contributed by atoms with van der Waals surface area (Å²) in [6.45, 7) is 12.5. The summed E-state index contributed by atoms with van der Waals surface area (Å²) >= 11 is 0. The van der Waals surface area contributed by atoms with Crippen molar-refractivity contribution in [2.75, 3.05) is 32.8 Å². The summed E-state index contributed by atoms with van der Waals surface area (Å²) in [5, 5.41) is 10.8. The quantitative estimate of drug-likeness (QED) is 0.185. The van der Waals surface area contributed by atoms with Crippen LogP contribution >= 0.6 is 24.0 Å². The molecule has 0 bridgehead atoms. The molecule has 0 aromatic carbocycles. The highest BCUT2D eigenvalue weighted by atomic mass is 127. The molecule has 0 atom stereocenters. The van der Waals surface area contributed by atoms with Crippen molar-refractivity contribution in [2.24, 2.45) is 10.4 Å². The highest BCUT2D eigenvalue weighted by Gasteiger charge is 2.33. The molecule has 0 unspecified atom stereocenters. The Morgan fingerprint density at radius 1 is 1.24 bits per heavy atom. The maximum Gasteiger partial charge on any atom is 0.226 e. The van der Waals surface area contributed by atoms with Crippen molar-refractivity contribution in [3.63, 3.8) is 0 Å². The molecule has 1 aromatic heterocycles. The van der Waals surface area contributed by atoms with Gasteiger partial charge in [0.15, 0.2) is 11.8 Å². The molecule has 1 saturated carbocycles. The molecule has 2 rings (SSSR count). The first-order chi connectivity index (χ1) is 13.6. The average Bonchev–Trinajstić information content (AvgIpc) is 3.34. The molecular weight excluding hydrogens is 481 g/mol. The fourth-order valence-electron chi connectivity index (χ4n) is 3.68. The first-order valence-electron chi connectivity index (χ1n) is 11.0. The molecule has 1 aromatic rings. The lowest BCUT2D eigenvalue weighted by atomic mass is 9.83. The lowest BCUT2D eigenvalue weighted by Crippen LogP contribution is -2.39. The predicted octanol–water partition coefficient (Wildman–Crippen LogP) is 4.29. The number of guanidine groups is 1. The predicted molar refractivity (Wildman–Crippen MR) is 128 cm³/mol. The average molecular weight is 521 g/mol. The zero-order chi connectivity index (χ0) is 20.2. The van der Waals surface area contributed by atoms with E-state index in [-0.39, 0.29) is 24.0 Å². The molecule has 0 aliphatic heterocycles. The van der Waals surface area contributed by atoms with Gasteiger partial charge >= 0.3 is 0 Å². The Morgan fingerprint density at radius 3 is 2.62 bits per heavy atom. The molecule has 168 valence electrons. The summed E-state index contributed by atoms with van der Waals surface area (Å²) < 4.78 is 10.9. The molecule has 1 aliphatic carbocycles. The second-order valence-electron chi connectivity index (χ2n) is 8.08. The van der Waals surface area contributed by atoms with Crippen LogP contribution in [0.15, 0.2) is 9.52 Å². The van der Waals surface area contributed by atoms with Gasteiger partial charge < -0.3 is 19.9 Å². The number of hydrogen-bond donors (Lipinski definition) is 2. The summed E-state index contributed by atoms with van der Waals surface area (Å²) in [6.07, 6.45) is 7.97. The summed E-state index contributed by atoms with van der Waals surface area (Å²) in [5.41, 5.74) is 0.314. The zero-order valence-electron chi connectivity index (χ0n) is 18.6. The van der Waals surface area contributed by atoms with Crippen LogP contribution in [0.1, 0.15) is 83.9 Å². The highest BCUT2D eigenvalue weighted by Crippen LogP contribution is 2.41. The van der Waals surface area contributed by atoms with Gasteiger partial charge in [-0.3, -0.25) is 4.99 Å². The first kappa shape index (κ1) is 26.1. The van der Waals surface area contributed by atoms with Gasteiger partial charge in [0.25, 0.3) is 0 Å². The van der Waals surface area contributed by atoms with E-state index in [1.807, 2.05) is 0 Å². The molecule has 0 spiro atoms. The van der Waals surface area contributed by atoms with Crippen LogP contribution in [0.5, 0.6) is 0 Å². The van der Waals surface area contributed by atoms with E-state index in [1.54, 1.807) is 0 Å². The van der Waals surface area contributed by atoms with Gasteiger partial charge in [0.2, 0.25) is 5.89 Å². The second-order valence-corrected chi connectivity index (χ2v) is 8.08. The molecule has 8 heteroatoms. The molecule has 29 heavy (non-hydrogen) atoms. The van der Waals surface area contributed by atoms with E-state index in [9.17, 15) is 0 Å². The highest BCUT2D eigenvalue weighted by molar-refractivity contribution is 14.0. The van der Waals surface area contributed by atoms with E-state index in [0.717, 1.165) is 63.9 Å². The number of hydrogen-bond acceptors (Lipinski definition) is 5. The van der Waals surface area contributed by atoms with Crippen LogP contribution in [0.2, 0.25) is 0 Å². The Kier molecular flexibility index (Phi) is 12.8. The van der Waals surface area contributed by atoms with Crippen molar-refractivity contribution >= 4 is 29.9 Å². The van der Waals surface area contributed by atoms with E-state index in [0.29, 0.717) is 17.2 Å². The molecule has 1 heterocycles. The molecule has 2 N–H and O–H groups in total. The number of nitrogens with one attached hydrogen (secondary N) is 2. The number of halogens is 1. The fourth-order valence-corrected chi connectivity index (χ4v) is 3.68. The van der Waals surface area contributed by atoms with Crippen molar-refractivity contribution in [1.29, 1.82) is 0 Å². The van der Waals surface area contributed by atoms with Gasteiger partial charge in [-0.2, -0.15) is 4.98 Å². The van der Waals surface area contributed by atoms with Crippen LogP contribution < -0.4 is 10.6 Å². The molecule has 1 fully saturated rings. The summed E-state index contributed by atoms with van der Waals surface area (Å²) in [7, 11) is 0. The number of aryl methyl sites for hydroxylation is 1. The Hall–Kier alpha value is -0.900. The van der Waals surface area contributed by atoms with Gasteiger partial charge in [0, 0.05) is 45.2 Å². The molecule has 1 aliphatic rings. The molecular formula is C21H40IN5O2. The smallest absolute Gasteiger partial charge is 0.226 e. The lowest BCUT2D eigenvalue weighted by Gasteiger charge is -2.27. The Morgan fingerprint density at radius 2 is 2.00 bits per heavy atom. The summed E-state index contributed by atoms with van der Waals surface area (Å²) in [4.78, 5) is 9.34.